The van der Waals surface area contributed by atoms with Gasteiger partial charge in [-0.3, -0.25) is 4.68 Å². The molecule has 1 unspecified atom stereocenters. The number of para-hydroxylation sites is 1. The van der Waals surface area contributed by atoms with Gasteiger partial charge in [0.05, 0.1) is 24.1 Å². The number of rotatable bonds is 5. The first-order valence-electron chi connectivity index (χ1n) is 7.16. The standard InChI is InChI=1S/C16H19N5/c1-2-8-20-11-13(9-18-20)16(17)14-10-19-21(12-14)15-6-4-3-5-7-15/h3-7,9-12,16H,2,8,17H2,1H3. The highest BCUT2D eigenvalue weighted by Gasteiger charge is 2.13. The quantitative estimate of drug-likeness (QED) is 0.781. The molecule has 0 aliphatic heterocycles. The van der Waals surface area contributed by atoms with E-state index in [4.69, 9.17) is 5.73 Å². The number of nitrogens with two attached hydrogens (primary N) is 1. The highest BCUT2D eigenvalue weighted by molar-refractivity contribution is 5.33. The second-order valence-electron chi connectivity index (χ2n) is 5.07. The summed E-state index contributed by atoms with van der Waals surface area (Å²) < 4.78 is 3.77. The van der Waals surface area contributed by atoms with Gasteiger partial charge in [0.25, 0.3) is 0 Å². The van der Waals surface area contributed by atoms with Crippen LogP contribution in [0.25, 0.3) is 5.69 Å². The molecule has 5 nitrogen and oxygen atoms in total. The van der Waals surface area contributed by atoms with Crippen molar-refractivity contribution in [1.82, 2.24) is 19.6 Å². The number of hydrogen-bond acceptors (Lipinski definition) is 3. The Morgan fingerprint density at radius 3 is 2.52 bits per heavy atom. The lowest BCUT2D eigenvalue weighted by molar-refractivity contribution is 0.602. The molecule has 0 fully saturated rings. The Labute approximate surface area is 124 Å². The van der Waals surface area contributed by atoms with Crippen LogP contribution in [0.4, 0.5) is 0 Å². The van der Waals surface area contributed by atoms with Crippen molar-refractivity contribution in [3.05, 3.63) is 66.2 Å². The SMILES string of the molecule is CCCn1cc(C(N)c2cnn(-c3ccccc3)c2)cn1. The van der Waals surface area contributed by atoms with E-state index in [1.54, 1.807) is 0 Å². The van der Waals surface area contributed by atoms with Crippen LogP contribution in [0, 0.1) is 0 Å². The van der Waals surface area contributed by atoms with E-state index in [2.05, 4.69) is 17.1 Å². The average Bonchev–Trinajstić information content (AvgIpc) is 3.17. The maximum atomic E-state index is 6.31. The largest absolute Gasteiger partial charge is 0.320 e. The lowest BCUT2D eigenvalue weighted by atomic mass is 10.1. The molecular weight excluding hydrogens is 262 g/mol. The van der Waals surface area contributed by atoms with Crippen LogP contribution in [0.2, 0.25) is 0 Å². The Balaban J connectivity index is 1.82. The summed E-state index contributed by atoms with van der Waals surface area (Å²) in [7, 11) is 0. The molecule has 21 heavy (non-hydrogen) atoms. The van der Waals surface area contributed by atoms with Crippen molar-refractivity contribution in [3.8, 4) is 5.69 Å². The summed E-state index contributed by atoms with van der Waals surface area (Å²) in [5, 5.41) is 8.71. The molecule has 0 saturated carbocycles. The van der Waals surface area contributed by atoms with Crippen molar-refractivity contribution >= 4 is 0 Å². The van der Waals surface area contributed by atoms with Gasteiger partial charge in [-0.25, -0.2) is 4.68 Å². The van der Waals surface area contributed by atoms with E-state index in [0.717, 1.165) is 29.8 Å². The topological polar surface area (TPSA) is 61.7 Å². The Kier molecular flexibility index (Phi) is 3.83. The molecular formula is C16H19N5. The number of nitrogens with zero attached hydrogens (tertiary/aromatic N) is 4. The number of benzene rings is 1. The van der Waals surface area contributed by atoms with Crippen molar-refractivity contribution in [1.29, 1.82) is 0 Å². The predicted octanol–water partition coefficient (Wildman–Crippen LogP) is 2.53. The van der Waals surface area contributed by atoms with Crippen molar-refractivity contribution in [2.75, 3.05) is 0 Å². The summed E-state index contributed by atoms with van der Waals surface area (Å²) >= 11 is 0. The van der Waals surface area contributed by atoms with Crippen LogP contribution < -0.4 is 5.73 Å². The molecule has 5 heteroatoms. The van der Waals surface area contributed by atoms with Crippen molar-refractivity contribution in [2.45, 2.75) is 25.9 Å². The predicted molar refractivity (Wildman–Crippen MR) is 82.1 cm³/mol. The van der Waals surface area contributed by atoms with E-state index >= 15 is 0 Å². The Morgan fingerprint density at radius 2 is 1.76 bits per heavy atom. The van der Waals surface area contributed by atoms with Crippen LogP contribution >= 0.6 is 0 Å². The van der Waals surface area contributed by atoms with Crippen LogP contribution in [-0.2, 0) is 6.54 Å². The van der Waals surface area contributed by atoms with Gasteiger partial charge < -0.3 is 5.73 Å². The minimum absolute atomic E-state index is 0.201. The normalized spacial score (nSPS) is 12.5. The molecule has 0 aliphatic rings. The first kappa shape index (κ1) is 13.6. The third-order valence-corrected chi connectivity index (χ3v) is 3.45. The Hall–Kier alpha value is -2.40. The fourth-order valence-corrected chi connectivity index (χ4v) is 2.30. The van der Waals surface area contributed by atoms with Gasteiger partial charge in [0.2, 0.25) is 0 Å². The fraction of sp³-hybridized carbons (Fsp3) is 0.250. The van der Waals surface area contributed by atoms with E-state index in [-0.39, 0.29) is 6.04 Å². The molecule has 1 atom stereocenters. The third-order valence-electron chi connectivity index (χ3n) is 3.45. The molecule has 3 aromatic rings. The number of hydrogen-bond donors (Lipinski definition) is 1. The maximum Gasteiger partial charge on any atom is 0.0645 e. The summed E-state index contributed by atoms with van der Waals surface area (Å²) in [4.78, 5) is 0. The van der Waals surface area contributed by atoms with Crippen LogP contribution in [0.3, 0.4) is 0 Å². The Bertz CT molecular complexity index is 698. The fourth-order valence-electron chi connectivity index (χ4n) is 2.30. The minimum atomic E-state index is -0.201. The molecule has 0 saturated heterocycles. The molecule has 3 rings (SSSR count). The lowest BCUT2D eigenvalue weighted by Gasteiger charge is -2.06. The highest BCUT2D eigenvalue weighted by Crippen LogP contribution is 2.19. The molecule has 0 aliphatic carbocycles. The van der Waals surface area contributed by atoms with Gasteiger partial charge in [-0.1, -0.05) is 25.1 Å². The third kappa shape index (κ3) is 2.87. The lowest BCUT2D eigenvalue weighted by Crippen LogP contribution is -2.10. The summed E-state index contributed by atoms with van der Waals surface area (Å²) in [6.45, 7) is 3.04. The molecule has 0 bridgehead atoms. The number of aryl methyl sites for hydroxylation is 1. The molecule has 2 N–H and O–H groups in total. The zero-order chi connectivity index (χ0) is 14.7. The smallest absolute Gasteiger partial charge is 0.0645 e. The van der Waals surface area contributed by atoms with E-state index < -0.39 is 0 Å². The van der Waals surface area contributed by atoms with Crippen LogP contribution in [-0.4, -0.2) is 19.6 Å². The van der Waals surface area contributed by atoms with Gasteiger partial charge in [-0.15, -0.1) is 0 Å². The van der Waals surface area contributed by atoms with E-state index in [9.17, 15) is 0 Å². The van der Waals surface area contributed by atoms with E-state index in [1.165, 1.54) is 0 Å². The van der Waals surface area contributed by atoms with Gasteiger partial charge in [0, 0.05) is 30.1 Å². The van der Waals surface area contributed by atoms with E-state index in [1.807, 2.05) is 64.5 Å². The van der Waals surface area contributed by atoms with Crippen LogP contribution in [0.15, 0.2) is 55.1 Å². The van der Waals surface area contributed by atoms with Crippen LogP contribution in [0.5, 0.6) is 0 Å². The maximum absolute atomic E-state index is 6.31. The molecule has 0 radical (unpaired) electrons. The highest BCUT2D eigenvalue weighted by atomic mass is 15.3. The average molecular weight is 281 g/mol. The molecule has 2 heterocycles. The van der Waals surface area contributed by atoms with Crippen molar-refractivity contribution < 1.29 is 0 Å². The molecule has 108 valence electrons. The van der Waals surface area contributed by atoms with Gasteiger partial charge in [-0.2, -0.15) is 10.2 Å². The minimum Gasteiger partial charge on any atom is -0.320 e. The van der Waals surface area contributed by atoms with Crippen molar-refractivity contribution in [3.63, 3.8) is 0 Å². The summed E-state index contributed by atoms with van der Waals surface area (Å²) in [6, 6.07) is 9.80. The first-order chi connectivity index (χ1) is 10.3. The molecule has 0 spiro atoms. The Morgan fingerprint density at radius 1 is 1.05 bits per heavy atom. The molecule has 2 aromatic heterocycles. The van der Waals surface area contributed by atoms with Gasteiger partial charge in [-0.05, 0) is 18.6 Å². The van der Waals surface area contributed by atoms with E-state index in [0.29, 0.717) is 0 Å². The summed E-state index contributed by atoms with van der Waals surface area (Å²) in [5.74, 6) is 0. The zero-order valence-electron chi connectivity index (χ0n) is 12.1. The first-order valence-corrected chi connectivity index (χ1v) is 7.16. The van der Waals surface area contributed by atoms with Gasteiger partial charge in [0.15, 0.2) is 0 Å². The number of aromatic nitrogens is 4. The monoisotopic (exact) mass is 281 g/mol. The van der Waals surface area contributed by atoms with Gasteiger partial charge in [0.1, 0.15) is 0 Å². The zero-order valence-corrected chi connectivity index (χ0v) is 12.1. The summed E-state index contributed by atoms with van der Waals surface area (Å²) in [6.07, 6.45) is 8.68. The molecule has 1 aromatic carbocycles. The summed E-state index contributed by atoms with van der Waals surface area (Å²) in [5.41, 5.74) is 9.33. The second-order valence-corrected chi connectivity index (χ2v) is 5.07. The second kappa shape index (κ2) is 5.93. The van der Waals surface area contributed by atoms with Gasteiger partial charge >= 0.3 is 0 Å². The van der Waals surface area contributed by atoms with Crippen molar-refractivity contribution in [2.24, 2.45) is 5.73 Å². The van der Waals surface area contributed by atoms with Crippen LogP contribution in [0.1, 0.15) is 30.5 Å². The molecule has 0 amide bonds.